The Hall–Kier alpha value is -6.37. The van der Waals surface area contributed by atoms with Crippen LogP contribution in [0.3, 0.4) is 0 Å². The van der Waals surface area contributed by atoms with Gasteiger partial charge < -0.3 is 48.8 Å². The Labute approximate surface area is 428 Å². The fourth-order valence-electron chi connectivity index (χ4n) is 9.23. The van der Waals surface area contributed by atoms with Crippen molar-refractivity contribution in [1.29, 1.82) is 0 Å². The van der Waals surface area contributed by atoms with Gasteiger partial charge in [0.25, 0.3) is 0 Å². The van der Waals surface area contributed by atoms with Gasteiger partial charge in [-0.1, -0.05) is 97.8 Å². The van der Waals surface area contributed by atoms with E-state index < -0.39 is 27.8 Å². The third kappa shape index (κ3) is 13.3. The first-order valence-electron chi connectivity index (χ1n) is 24.0. The molecule has 0 aromatic heterocycles. The molecule has 14 bridgehead atoms. The van der Waals surface area contributed by atoms with Crippen LogP contribution in [0.25, 0.3) is 0 Å². The molecule has 2 aliphatic carbocycles. The Balaban J connectivity index is 0.00000220. The molecule has 2 aliphatic heterocycles. The van der Waals surface area contributed by atoms with E-state index in [1.54, 1.807) is 36.7 Å². The minimum atomic E-state index is -2.51. The molecule has 6 aromatic carbocycles. The molecule has 2 atom stereocenters. The zero-order valence-electron chi connectivity index (χ0n) is 39.5. The molecule has 0 saturated heterocycles. The number of rotatable bonds is 0. The summed E-state index contributed by atoms with van der Waals surface area (Å²) in [6, 6.07) is 34.1. The summed E-state index contributed by atoms with van der Waals surface area (Å²) in [5, 5.41) is 46.0. The number of phenols is 4. The average molecular weight is 1190 g/mol. The van der Waals surface area contributed by atoms with Crippen LogP contribution >= 0.6 is 0 Å². The molecule has 4 aliphatic rings. The van der Waals surface area contributed by atoms with Crippen LogP contribution in [0.4, 0.5) is 0 Å². The average Bonchev–Trinajstić information content (AvgIpc) is 3.37. The van der Waals surface area contributed by atoms with E-state index in [-0.39, 0.29) is 87.9 Å². The Kier molecular flexibility index (Phi) is 18.4. The van der Waals surface area contributed by atoms with Crippen LogP contribution in [0, 0.1) is 27.8 Å². The molecule has 4 N–H and O–H groups in total. The first-order chi connectivity index (χ1) is 34.8. The van der Waals surface area contributed by atoms with Gasteiger partial charge in [-0.3, -0.25) is 9.98 Å². The molecule has 6 aromatic rings. The molecule has 2 heterocycles. The second-order valence-electron chi connectivity index (χ2n) is 17.4. The van der Waals surface area contributed by atoms with Gasteiger partial charge in [-0.2, -0.15) is 0 Å². The summed E-state index contributed by atoms with van der Waals surface area (Å²) in [6.07, 6.45) is 8.75. The van der Waals surface area contributed by atoms with E-state index in [1.807, 2.05) is 84.9 Å². The van der Waals surface area contributed by atoms with E-state index in [0.717, 1.165) is 70.2 Å². The summed E-state index contributed by atoms with van der Waals surface area (Å²) in [5.74, 6) is 2.43. The molecule has 14 nitrogen and oxygen atoms in total. The quantitative estimate of drug-likeness (QED) is 0.105. The molecule has 71 heavy (non-hydrogen) atoms. The maximum atomic E-state index is 11.8. The van der Waals surface area contributed by atoms with Crippen molar-refractivity contribution in [1.82, 2.24) is 0 Å². The Morgan fingerprint density at radius 2 is 0.704 bits per heavy atom. The van der Waals surface area contributed by atoms with Crippen LogP contribution in [0.2, 0.25) is 0 Å². The van der Waals surface area contributed by atoms with Crippen LogP contribution in [0.1, 0.15) is 81.3 Å². The number of fused-ring (bicyclic) bond motifs is 12. The summed E-state index contributed by atoms with van der Waals surface area (Å²) in [6.45, 7) is 1.95. The normalized spacial score (nSPS) is 17.7. The number of ether oxygens (including phenoxy) is 6. The number of para-hydroxylation sites is 6. The van der Waals surface area contributed by atoms with Gasteiger partial charge in [-0.05, 0) is 81.6 Å². The van der Waals surface area contributed by atoms with Gasteiger partial charge in [-0.15, -0.1) is 0 Å². The number of aromatic hydroxyl groups is 4. The van der Waals surface area contributed by atoms with Crippen molar-refractivity contribution in [2.45, 2.75) is 63.5 Å². The summed E-state index contributed by atoms with van der Waals surface area (Å²) < 4.78 is 54.1. The topological polar surface area (TPSA) is 195 Å². The number of nitrogens with zero attached hydrogens (tertiary/aromatic N) is 2. The number of benzene rings is 6. The van der Waals surface area contributed by atoms with Crippen molar-refractivity contribution in [3.05, 3.63) is 165 Å². The number of hydrogen-bond acceptors (Lipinski definition) is 14. The van der Waals surface area contributed by atoms with Crippen molar-refractivity contribution >= 4 is 12.4 Å². The van der Waals surface area contributed by atoms with Crippen LogP contribution < -0.4 is 18.9 Å². The SMILES string of the molecule is Oc1c2cccc1Cc1cccc3c1OCCOCCOc1cccc(c1O)C=N[C@@H]1CCCC[C@@H]1N=Cc1cccc(c1O)OCCOCCOc1c(cccc1Cc1cccc(c1O)C3)C2.[O]=[U]=[O]. The van der Waals surface area contributed by atoms with Gasteiger partial charge in [0.2, 0.25) is 0 Å². The van der Waals surface area contributed by atoms with E-state index in [9.17, 15) is 20.4 Å². The van der Waals surface area contributed by atoms with E-state index in [4.69, 9.17) is 42.9 Å². The zero-order valence-corrected chi connectivity index (χ0v) is 43.6. The predicted molar refractivity (Wildman–Crippen MR) is 263 cm³/mol. The molecular weight excluding hydrogens is 1130 g/mol. The summed E-state index contributed by atoms with van der Waals surface area (Å²) >= 11 is -2.51. The molecule has 0 amide bonds. The van der Waals surface area contributed by atoms with Crippen LogP contribution in [0.15, 0.2) is 119 Å². The second kappa shape index (κ2) is 25.7. The van der Waals surface area contributed by atoms with Gasteiger partial charge in [-0.25, -0.2) is 0 Å². The van der Waals surface area contributed by atoms with Crippen LogP contribution in [0.5, 0.6) is 46.0 Å². The number of phenolic OH excluding ortho intramolecular Hbond substituents is 4. The molecule has 1 fully saturated rings. The van der Waals surface area contributed by atoms with E-state index in [1.165, 1.54) is 0 Å². The first kappa shape index (κ1) is 51.0. The summed E-state index contributed by atoms with van der Waals surface area (Å²) in [5.41, 5.74) is 7.65. The molecule has 368 valence electrons. The fourth-order valence-corrected chi connectivity index (χ4v) is 9.23. The maximum absolute atomic E-state index is 11.8. The molecule has 1 saturated carbocycles. The second-order valence-corrected chi connectivity index (χ2v) is 18.1. The molecule has 0 unspecified atom stereocenters. The molecule has 15 heteroatoms. The van der Waals surface area contributed by atoms with Gasteiger partial charge in [0, 0.05) is 49.2 Å². The minimum absolute atomic E-state index is 0.00305. The van der Waals surface area contributed by atoms with Gasteiger partial charge in [0.05, 0.1) is 38.5 Å². The van der Waals surface area contributed by atoms with Crippen molar-refractivity contribution in [3.63, 3.8) is 0 Å². The molecule has 0 spiro atoms. The van der Waals surface area contributed by atoms with Crippen LogP contribution in [-0.2, 0) is 39.6 Å². The summed E-state index contributed by atoms with van der Waals surface area (Å²) in [4.78, 5) is 9.77. The van der Waals surface area contributed by atoms with Gasteiger partial charge >= 0.3 is 32.3 Å². The van der Waals surface area contributed by atoms with Crippen molar-refractivity contribution < 1.29 is 81.1 Å². The Bertz CT molecular complexity index is 2590. The Morgan fingerprint density at radius 1 is 0.394 bits per heavy atom. The molecule has 0 radical (unpaired) electrons. The van der Waals surface area contributed by atoms with Crippen molar-refractivity contribution in [2.75, 3.05) is 52.9 Å². The first-order valence-corrected chi connectivity index (χ1v) is 27.4. The Morgan fingerprint density at radius 3 is 1.06 bits per heavy atom. The predicted octanol–water partition coefficient (Wildman–Crippen LogP) is 9.06. The third-order valence-electron chi connectivity index (χ3n) is 12.8. The molecule has 10 rings (SSSR count). The monoisotopic (exact) mass is 1190 g/mol. The van der Waals surface area contributed by atoms with Gasteiger partial charge in [0.15, 0.2) is 23.0 Å². The third-order valence-corrected chi connectivity index (χ3v) is 12.8. The number of aliphatic imine (C=N–C) groups is 2. The van der Waals surface area contributed by atoms with Crippen molar-refractivity contribution in [2.24, 2.45) is 9.98 Å². The van der Waals surface area contributed by atoms with E-state index in [2.05, 4.69) is 0 Å². The van der Waals surface area contributed by atoms with Crippen molar-refractivity contribution in [3.8, 4) is 46.0 Å². The molecular formula is C56H58N2O12U. The van der Waals surface area contributed by atoms with E-state index >= 15 is 0 Å². The van der Waals surface area contributed by atoms with Gasteiger partial charge in [0.1, 0.15) is 49.4 Å². The van der Waals surface area contributed by atoms with Crippen LogP contribution in [-0.4, -0.2) is 97.8 Å². The standard InChI is InChI=1S/C56H58N2O10.2O.U/c59-51-37-9-3-11-39(51)33-43-15-6-16-44-34-40-12-4-10-38(52(40)60)32-42-14-5-13-41(31-37)55(42)67-29-25-63-23-27-65-49-21-7-17-45(53(49)61)35-57-47-19-1-2-20-48(47)58-36-46-18-8-22-50(54(46)62)66-28-24-64-26-30-68-56(43)44;;;/h3-18,21-22,35-36,47-48,59-62H,1-2,19-20,23-34H2;;;/t47-,48+;;;. The fraction of sp³-hybridized carbons (Fsp3) is 0.321. The number of hydrogen-bond donors (Lipinski definition) is 4. The zero-order chi connectivity index (χ0) is 49.4. The van der Waals surface area contributed by atoms with E-state index in [0.29, 0.717) is 59.8 Å². The summed E-state index contributed by atoms with van der Waals surface area (Å²) in [7, 11) is 0.